The van der Waals surface area contributed by atoms with Crippen LogP contribution in [0.25, 0.3) is 0 Å². The molecule has 0 bridgehead atoms. The van der Waals surface area contributed by atoms with E-state index in [1.54, 1.807) is 13.1 Å². The van der Waals surface area contributed by atoms with Crippen molar-refractivity contribution < 1.29 is 9.59 Å². The van der Waals surface area contributed by atoms with Gasteiger partial charge in [0.2, 0.25) is 11.9 Å². The Labute approximate surface area is 117 Å². The molecule has 4 N–H and O–H groups in total. The van der Waals surface area contributed by atoms with Crippen molar-refractivity contribution in [2.75, 3.05) is 5.01 Å². The van der Waals surface area contributed by atoms with Crippen LogP contribution in [0.3, 0.4) is 0 Å². The Kier molecular flexibility index (Phi) is 4.39. The molecule has 1 fully saturated rings. The fourth-order valence-electron chi connectivity index (χ4n) is 2.59. The highest BCUT2D eigenvalue weighted by atomic mass is 16.2. The fourth-order valence-corrected chi connectivity index (χ4v) is 2.59. The van der Waals surface area contributed by atoms with Crippen LogP contribution in [0.1, 0.15) is 62.0 Å². The van der Waals surface area contributed by atoms with Gasteiger partial charge in [-0.25, -0.2) is 15.8 Å². The first kappa shape index (κ1) is 14.5. The van der Waals surface area contributed by atoms with Gasteiger partial charge in [-0.2, -0.15) is 0 Å². The summed E-state index contributed by atoms with van der Waals surface area (Å²) in [5.41, 5.74) is 5.42. The number of aromatic nitrogens is 2. The molecule has 1 heterocycles. The maximum atomic E-state index is 11.8. The first-order valence-electron chi connectivity index (χ1n) is 7.01. The molecule has 0 saturated heterocycles. The second-order valence-electron chi connectivity index (χ2n) is 5.11. The molecule has 0 radical (unpaired) electrons. The van der Waals surface area contributed by atoms with Crippen LogP contribution < -0.4 is 16.6 Å². The largest absolute Gasteiger partial charge is 0.364 e. The summed E-state index contributed by atoms with van der Waals surface area (Å²) in [7, 11) is 0. The number of anilines is 1. The zero-order chi connectivity index (χ0) is 14.7. The third-order valence-corrected chi connectivity index (χ3v) is 3.72. The number of hydrogen-bond donors (Lipinski definition) is 2. The highest BCUT2D eigenvalue weighted by molar-refractivity contribution is 5.93. The Morgan fingerprint density at radius 1 is 1.40 bits per heavy atom. The molecule has 1 aromatic rings. The summed E-state index contributed by atoms with van der Waals surface area (Å²) in [6.07, 6.45) is 7.34. The molecular formula is C13H21N5O2. The van der Waals surface area contributed by atoms with Gasteiger partial charge < -0.3 is 10.3 Å². The van der Waals surface area contributed by atoms with Gasteiger partial charge in [-0.3, -0.25) is 9.59 Å². The lowest BCUT2D eigenvalue weighted by molar-refractivity contribution is -0.118. The maximum absolute atomic E-state index is 11.8. The Balaban J connectivity index is 2.37. The van der Waals surface area contributed by atoms with Crippen molar-refractivity contribution >= 4 is 17.8 Å². The smallest absolute Gasteiger partial charge is 0.268 e. The monoisotopic (exact) mass is 279 g/mol. The molecule has 20 heavy (non-hydrogen) atoms. The Hall–Kier alpha value is -1.89. The summed E-state index contributed by atoms with van der Waals surface area (Å²) < 4.78 is 1.83. The van der Waals surface area contributed by atoms with E-state index in [-0.39, 0.29) is 24.1 Å². The Morgan fingerprint density at radius 3 is 2.60 bits per heavy atom. The van der Waals surface area contributed by atoms with Crippen LogP contribution in [-0.2, 0) is 4.79 Å². The van der Waals surface area contributed by atoms with Crippen molar-refractivity contribution in [2.24, 2.45) is 11.6 Å². The van der Waals surface area contributed by atoms with Crippen LogP contribution in [0.5, 0.6) is 0 Å². The van der Waals surface area contributed by atoms with E-state index in [1.807, 2.05) is 4.57 Å². The van der Waals surface area contributed by atoms with Gasteiger partial charge in [-0.05, 0) is 12.8 Å². The molecule has 7 heteroatoms. The molecule has 0 spiro atoms. The van der Waals surface area contributed by atoms with Crippen LogP contribution in [0, 0.1) is 0 Å². The molecule has 0 unspecified atom stereocenters. The molecule has 0 aromatic carbocycles. The van der Waals surface area contributed by atoms with E-state index >= 15 is 0 Å². The van der Waals surface area contributed by atoms with E-state index < -0.39 is 5.91 Å². The van der Waals surface area contributed by atoms with Crippen LogP contribution >= 0.6 is 0 Å². The van der Waals surface area contributed by atoms with Crippen LogP contribution in [0.4, 0.5) is 5.95 Å². The van der Waals surface area contributed by atoms with Gasteiger partial charge in [-0.15, -0.1) is 0 Å². The molecule has 2 rings (SSSR count). The number of carbonyl (C=O) groups excluding carboxylic acids is 2. The van der Waals surface area contributed by atoms with E-state index in [0.717, 1.165) is 30.7 Å². The molecule has 0 atom stereocenters. The predicted molar refractivity (Wildman–Crippen MR) is 74.8 cm³/mol. The van der Waals surface area contributed by atoms with E-state index in [9.17, 15) is 9.59 Å². The number of carbonyl (C=O) groups is 2. The average Bonchev–Trinajstić information content (AvgIpc) is 2.92. The van der Waals surface area contributed by atoms with Crippen molar-refractivity contribution in [3.63, 3.8) is 0 Å². The van der Waals surface area contributed by atoms with E-state index in [4.69, 9.17) is 11.6 Å². The summed E-state index contributed by atoms with van der Waals surface area (Å²) in [6.45, 7) is 1.73. The summed E-state index contributed by atoms with van der Waals surface area (Å²) in [5, 5.41) is 1.01. The van der Waals surface area contributed by atoms with Crippen molar-refractivity contribution in [3.8, 4) is 0 Å². The second kappa shape index (κ2) is 6.04. The molecular weight excluding hydrogens is 258 g/mol. The minimum atomic E-state index is -0.613. The Morgan fingerprint density at radius 2 is 2.05 bits per heavy atom. The van der Waals surface area contributed by atoms with Gasteiger partial charge in [-0.1, -0.05) is 26.2 Å². The van der Waals surface area contributed by atoms with Crippen LogP contribution in [-0.4, -0.2) is 21.4 Å². The minimum Gasteiger partial charge on any atom is -0.364 e. The summed E-state index contributed by atoms with van der Waals surface area (Å²) >= 11 is 0. The summed E-state index contributed by atoms with van der Waals surface area (Å²) in [5.74, 6) is 5.26. The van der Waals surface area contributed by atoms with E-state index in [1.165, 1.54) is 6.42 Å². The first-order chi connectivity index (χ1) is 9.54. The third kappa shape index (κ3) is 2.82. The number of rotatable bonds is 4. The summed E-state index contributed by atoms with van der Waals surface area (Å²) in [4.78, 5) is 27.2. The maximum Gasteiger partial charge on any atom is 0.268 e. The van der Waals surface area contributed by atoms with Gasteiger partial charge >= 0.3 is 0 Å². The molecule has 7 nitrogen and oxygen atoms in total. The lowest BCUT2D eigenvalue weighted by atomic mass is 9.95. The second-order valence-corrected chi connectivity index (χ2v) is 5.11. The first-order valence-corrected chi connectivity index (χ1v) is 7.01. The normalized spacial score (nSPS) is 16.1. The number of primary amides is 1. The topological polar surface area (TPSA) is 107 Å². The predicted octanol–water partition coefficient (Wildman–Crippen LogP) is 1.10. The zero-order valence-corrected chi connectivity index (χ0v) is 11.7. The highest BCUT2D eigenvalue weighted by Crippen LogP contribution is 2.31. The van der Waals surface area contributed by atoms with E-state index in [2.05, 4.69) is 4.98 Å². The van der Waals surface area contributed by atoms with Crippen molar-refractivity contribution in [1.82, 2.24) is 9.55 Å². The van der Waals surface area contributed by atoms with Crippen LogP contribution in [0.15, 0.2) is 6.20 Å². The van der Waals surface area contributed by atoms with Gasteiger partial charge in [0.15, 0.2) is 0 Å². The zero-order valence-electron chi connectivity index (χ0n) is 11.7. The van der Waals surface area contributed by atoms with Crippen LogP contribution in [0.2, 0.25) is 0 Å². The SMILES string of the molecule is CCC(=O)N(N)c1nc(C(N)=O)cn1C1CCCCC1. The lowest BCUT2D eigenvalue weighted by Gasteiger charge is -2.26. The number of nitrogens with two attached hydrogens (primary N) is 2. The quantitative estimate of drug-likeness (QED) is 0.489. The average molecular weight is 279 g/mol. The standard InChI is InChI=1S/C13H21N5O2/c1-2-11(19)18(15)13-16-10(12(14)20)8-17(13)9-6-4-3-5-7-9/h8-9H,2-7,15H2,1H3,(H2,14,20). The fraction of sp³-hybridized carbons (Fsp3) is 0.615. The van der Waals surface area contributed by atoms with Crippen molar-refractivity contribution in [2.45, 2.75) is 51.5 Å². The number of amides is 2. The molecule has 1 saturated carbocycles. The Bertz CT molecular complexity index is 505. The molecule has 1 aliphatic carbocycles. The number of hydrogen-bond acceptors (Lipinski definition) is 4. The third-order valence-electron chi connectivity index (χ3n) is 3.72. The number of nitrogens with zero attached hydrogens (tertiary/aromatic N) is 3. The van der Waals surface area contributed by atoms with Crippen molar-refractivity contribution in [3.05, 3.63) is 11.9 Å². The molecule has 1 aliphatic rings. The van der Waals surface area contributed by atoms with Gasteiger partial charge in [0.25, 0.3) is 5.91 Å². The van der Waals surface area contributed by atoms with E-state index in [0.29, 0.717) is 5.95 Å². The minimum absolute atomic E-state index is 0.143. The number of hydrazine groups is 1. The molecule has 110 valence electrons. The molecule has 0 aliphatic heterocycles. The highest BCUT2D eigenvalue weighted by Gasteiger charge is 2.25. The van der Waals surface area contributed by atoms with Gasteiger partial charge in [0.05, 0.1) is 0 Å². The molecule has 1 aromatic heterocycles. The van der Waals surface area contributed by atoms with Gasteiger partial charge in [0, 0.05) is 18.7 Å². The van der Waals surface area contributed by atoms with Gasteiger partial charge in [0.1, 0.15) is 5.69 Å². The summed E-state index contributed by atoms with van der Waals surface area (Å²) in [6, 6.07) is 0.218. The van der Waals surface area contributed by atoms with Crippen molar-refractivity contribution in [1.29, 1.82) is 0 Å². The molecule has 2 amide bonds. The lowest BCUT2D eigenvalue weighted by Crippen LogP contribution is -2.39. The number of imidazole rings is 1.